The minimum atomic E-state index is -1.12. The maximum atomic E-state index is 13.8. The van der Waals surface area contributed by atoms with Gasteiger partial charge in [0.1, 0.15) is 22.8 Å². The van der Waals surface area contributed by atoms with Crippen molar-refractivity contribution in [3.63, 3.8) is 0 Å². The third-order valence-corrected chi connectivity index (χ3v) is 6.18. The van der Waals surface area contributed by atoms with Crippen LogP contribution in [0.1, 0.15) is 12.5 Å². The average molecular weight is 490 g/mol. The number of carbonyl (C=O) groups excluding carboxylic acids is 1. The van der Waals surface area contributed by atoms with Gasteiger partial charge >= 0.3 is 5.69 Å². The number of β-amino-alcohol motifs (C(OH)–C–C–N with tert-alkyl or cyclic N) is 1. The molecule has 1 fully saturated rings. The molecule has 1 aliphatic rings. The summed E-state index contributed by atoms with van der Waals surface area (Å²) in [5.74, 6) is -0.619. The van der Waals surface area contributed by atoms with Crippen molar-refractivity contribution in [2.75, 3.05) is 18.8 Å². The van der Waals surface area contributed by atoms with E-state index < -0.39 is 29.6 Å². The second-order valence-corrected chi connectivity index (χ2v) is 8.62. The summed E-state index contributed by atoms with van der Waals surface area (Å²) in [6.07, 6.45) is 0.750. The van der Waals surface area contributed by atoms with E-state index in [0.717, 1.165) is 4.90 Å². The van der Waals surface area contributed by atoms with Crippen molar-refractivity contribution in [2.45, 2.75) is 18.6 Å². The lowest BCUT2D eigenvalue weighted by atomic mass is 10.0. The normalized spacial score (nSPS) is 17.8. The average Bonchev–Trinajstić information content (AvgIpc) is 3.17. The number of nitrogens with two attached hydrogens (primary N) is 1. The van der Waals surface area contributed by atoms with Crippen molar-refractivity contribution in [1.29, 1.82) is 0 Å². The third kappa shape index (κ3) is 4.22. The number of hydrogen-bond acceptors (Lipinski definition) is 6. The monoisotopic (exact) mass is 489 g/mol. The van der Waals surface area contributed by atoms with Crippen LogP contribution in [-0.2, 0) is 4.79 Å². The number of likely N-dealkylation sites (tertiary alicyclic amines) is 1. The second-order valence-electron chi connectivity index (χ2n) is 8.62. The fourth-order valence-electron chi connectivity index (χ4n) is 4.64. The first-order chi connectivity index (χ1) is 17.3. The number of imidazole rings is 1. The van der Waals surface area contributed by atoms with E-state index in [0.29, 0.717) is 28.2 Å². The number of halogens is 1. The first kappa shape index (κ1) is 23.3. The Kier molecular flexibility index (Phi) is 6.03. The van der Waals surface area contributed by atoms with Gasteiger partial charge in [0.05, 0.1) is 23.3 Å². The lowest BCUT2D eigenvalue weighted by Crippen LogP contribution is -2.48. The van der Waals surface area contributed by atoms with Crippen molar-refractivity contribution in [3.05, 3.63) is 89.8 Å². The third-order valence-electron chi connectivity index (χ3n) is 6.18. The number of pyridine rings is 1. The standard InChI is InChI=1S/C26H24FN5O4/c1-16(27)25(34)30-14-18(13-19(33)15-30)31-22-11-12-29-24(28)23(22)32(26(31)35)17-7-9-21(10-8-17)36-20-5-3-2-4-6-20/h2-12,18-19,33H,1,13-15H2,(H2,28,29)/t18?,19-/m1/s1. The number of anilines is 1. The van der Waals surface area contributed by atoms with Crippen LogP contribution in [0.25, 0.3) is 16.7 Å². The highest BCUT2D eigenvalue weighted by atomic mass is 19.1. The Hall–Kier alpha value is -4.44. The van der Waals surface area contributed by atoms with E-state index >= 15 is 0 Å². The molecule has 1 saturated heterocycles. The van der Waals surface area contributed by atoms with Crippen LogP contribution in [0.2, 0.25) is 0 Å². The molecule has 184 valence electrons. The quantitative estimate of drug-likeness (QED) is 0.416. The van der Waals surface area contributed by atoms with Gasteiger partial charge in [-0.3, -0.25) is 13.9 Å². The van der Waals surface area contributed by atoms with E-state index in [4.69, 9.17) is 10.5 Å². The molecular weight excluding hydrogens is 465 g/mol. The second kappa shape index (κ2) is 9.31. The Bertz CT molecular complexity index is 1500. The maximum Gasteiger partial charge on any atom is 0.334 e. The molecule has 1 unspecified atom stereocenters. The van der Waals surface area contributed by atoms with E-state index in [1.165, 1.54) is 15.3 Å². The van der Waals surface area contributed by atoms with Crippen molar-refractivity contribution in [2.24, 2.45) is 0 Å². The van der Waals surface area contributed by atoms with Gasteiger partial charge in [0.15, 0.2) is 5.83 Å². The molecule has 0 bridgehead atoms. The van der Waals surface area contributed by atoms with Crippen LogP contribution in [0.4, 0.5) is 10.2 Å². The number of rotatable bonds is 5. The Balaban J connectivity index is 1.57. The van der Waals surface area contributed by atoms with Gasteiger partial charge in [-0.2, -0.15) is 0 Å². The van der Waals surface area contributed by atoms with Crippen molar-refractivity contribution >= 4 is 22.8 Å². The van der Waals surface area contributed by atoms with Crippen LogP contribution in [0.3, 0.4) is 0 Å². The number of aliphatic hydroxyl groups excluding tert-OH is 1. The number of fused-ring (bicyclic) bond motifs is 1. The van der Waals surface area contributed by atoms with Crippen LogP contribution in [0.15, 0.2) is 84.1 Å². The van der Waals surface area contributed by atoms with Crippen LogP contribution < -0.4 is 16.2 Å². The molecule has 0 saturated carbocycles. The van der Waals surface area contributed by atoms with Gasteiger partial charge in [-0.05, 0) is 48.9 Å². The number of nitrogens with zero attached hydrogens (tertiary/aromatic N) is 4. The molecule has 3 heterocycles. The molecule has 5 rings (SSSR count). The topological polar surface area (TPSA) is 116 Å². The molecule has 0 aliphatic carbocycles. The molecule has 0 radical (unpaired) electrons. The highest BCUT2D eigenvalue weighted by Gasteiger charge is 2.33. The summed E-state index contributed by atoms with van der Waals surface area (Å²) in [6, 6.07) is 17.3. The summed E-state index contributed by atoms with van der Waals surface area (Å²) in [5, 5.41) is 10.4. The highest BCUT2D eigenvalue weighted by Crippen LogP contribution is 2.30. The summed E-state index contributed by atoms with van der Waals surface area (Å²) in [4.78, 5) is 31.3. The Labute approximate surface area is 205 Å². The number of hydrogen-bond donors (Lipinski definition) is 2. The first-order valence-electron chi connectivity index (χ1n) is 11.4. The summed E-state index contributed by atoms with van der Waals surface area (Å²) < 4.78 is 22.3. The van der Waals surface area contributed by atoms with E-state index in [1.54, 1.807) is 30.3 Å². The fourth-order valence-corrected chi connectivity index (χ4v) is 4.64. The van der Waals surface area contributed by atoms with Gasteiger partial charge in [0.25, 0.3) is 5.91 Å². The minimum absolute atomic E-state index is 0.0317. The van der Waals surface area contributed by atoms with Gasteiger partial charge < -0.3 is 20.5 Å². The Morgan fingerprint density at radius 3 is 2.47 bits per heavy atom. The smallest absolute Gasteiger partial charge is 0.334 e. The number of aromatic nitrogens is 3. The van der Waals surface area contributed by atoms with Gasteiger partial charge in [-0.25, -0.2) is 14.2 Å². The first-order valence-corrected chi connectivity index (χ1v) is 11.4. The lowest BCUT2D eigenvalue weighted by molar-refractivity contribution is -0.132. The number of para-hydroxylation sites is 1. The van der Waals surface area contributed by atoms with E-state index in [9.17, 15) is 19.1 Å². The van der Waals surface area contributed by atoms with E-state index in [-0.39, 0.29) is 25.3 Å². The summed E-state index contributed by atoms with van der Waals surface area (Å²) in [5.41, 5.74) is 7.19. The summed E-state index contributed by atoms with van der Waals surface area (Å²) >= 11 is 0. The molecule has 3 N–H and O–H groups in total. The van der Waals surface area contributed by atoms with Crippen LogP contribution in [-0.4, -0.2) is 49.2 Å². The predicted molar refractivity (Wildman–Crippen MR) is 133 cm³/mol. The molecule has 36 heavy (non-hydrogen) atoms. The summed E-state index contributed by atoms with van der Waals surface area (Å²) in [6.45, 7) is 3.05. The van der Waals surface area contributed by atoms with Gasteiger partial charge in [0, 0.05) is 19.3 Å². The highest BCUT2D eigenvalue weighted by molar-refractivity contribution is 5.91. The van der Waals surface area contributed by atoms with Gasteiger partial charge in [-0.1, -0.05) is 24.8 Å². The predicted octanol–water partition coefficient (Wildman–Crippen LogP) is 3.18. The van der Waals surface area contributed by atoms with Gasteiger partial charge in [-0.15, -0.1) is 0 Å². The molecule has 9 nitrogen and oxygen atoms in total. The molecule has 1 amide bonds. The van der Waals surface area contributed by atoms with E-state index in [1.807, 2.05) is 30.3 Å². The molecule has 2 aromatic heterocycles. The van der Waals surface area contributed by atoms with Crippen molar-refractivity contribution < 1.29 is 19.0 Å². The number of ether oxygens (including phenoxy) is 1. The molecule has 2 atom stereocenters. The lowest BCUT2D eigenvalue weighted by Gasteiger charge is -2.35. The van der Waals surface area contributed by atoms with Crippen molar-refractivity contribution in [1.82, 2.24) is 19.0 Å². The largest absolute Gasteiger partial charge is 0.457 e. The SMILES string of the molecule is C=C(F)C(=O)N1CC(n2c(=O)n(-c3ccc(Oc4ccccc4)cc3)c3c(N)nccc32)C[C@@H](O)C1. The van der Waals surface area contributed by atoms with Crippen LogP contribution >= 0.6 is 0 Å². The van der Waals surface area contributed by atoms with E-state index in [2.05, 4.69) is 11.6 Å². The number of carbonyl (C=O) groups is 1. The molecular formula is C26H24FN5O4. The van der Waals surface area contributed by atoms with Crippen LogP contribution in [0, 0.1) is 0 Å². The fraction of sp³-hybridized carbons (Fsp3) is 0.192. The molecule has 0 spiro atoms. The Morgan fingerprint density at radius 2 is 1.78 bits per heavy atom. The molecule has 10 heteroatoms. The zero-order valence-corrected chi connectivity index (χ0v) is 19.3. The number of aliphatic hydroxyl groups is 1. The maximum absolute atomic E-state index is 13.8. The number of nitrogen functional groups attached to an aromatic ring is 1. The zero-order valence-electron chi connectivity index (χ0n) is 19.3. The molecule has 4 aromatic rings. The van der Waals surface area contributed by atoms with Gasteiger partial charge in [0.2, 0.25) is 0 Å². The zero-order chi connectivity index (χ0) is 25.4. The van der Waals surface area contributed by atoms with Crippen LogP contribution in [0.5, 0.6) is 11.5 Å². The number of piperidine rings is 1. The molecule has 2 aromatic carbocycles. The van der Waals surface area contributed by atoms with Crippen molar-refractivity contribution in [3.8, 4) is 17.2 Å². The number of amides is 1. The summed E-state index contributed by atoms with van der Waals surface area (Å²) in [7, 11) is 0. The molecule has 1 aliphatic heterocycles. The number of benzene rings is 2. The Morgan fingerprint density at radius 1 is 1.08 bits per heavy atom. The minimum Gasteiger partial charge on any atom is -0.457 e.